The van der Waals surface area contributed by atoms with Gasteiger partial charge < -0.3 is 9.80 Å². The molecule has 3 aliphatic heterocycles. The molecule has 0 N–H and O–H groups in total. The predicted octanol–water partition coefficient (Wildman–Crippen LogP) is 4.72. The van der Waals surface area contributed by atoms with Gasteiger partial charge >= 0.3 is 0 Å². The normalized spacial score (nSPS) is 20.8. The lowest BCUT2D eigenvalue weighted by Gasteiger charge is -2.54. The molecule has 5 heteroatoms. The maximum atomic E-state index is 14.1. The number of carbonyl (C=O) groups is 2. The molecule has 0 aliphatic carbocycles. The molecule has 3 heterocycles. The minimum absolute atomic E-state index is 0.0546. The summed E-state index contributed by atoms with van der Waals surface area (Å²) in [4.78, 5) is 33.9. The van der Waals surface area contributed by atoms with Crippen LogP contribution in [-0.2, 0) is 21.5 Å². The highest BCUT2D eigenvalue weighted by Gasteiger charge is 2.49. The fraction of sp³-hybridized carbons (Fsp3) is 0.394. The molecule has 0 atom stereocenters. The molecular weight excluding hydrogens is 470 g/mol. The molecule has 3 aliphatic rings. The fourth-order valence-corrected chi connectivity index (χ4v) is 6.86. The number of hydrogen-bond acceptors (Lipinski definition) is 3. The zero-order valence-corrected chi connectivity index (χ0v) is 22.1. The SMILES string of the molecule is O=C(CN1CCCC(c2ccccc2)(c2ccccc2)C1=O)N1CC2(CCN(Cc3ccccc3)CC2)C1. The first-order valence-corrected chi connectivity index (χ1v) is 14.0. The van der Waals surface area contributed by atoms with Crippen LogP contribution in [0.4, 0.5) is 0 Å². The van der Waals surface area contributed by atoms with E-state index in [1.165, 1.54) is 5.56 Å². The van der Waals surface area contributed by atoms with Crippen molar-refractivity contribution in [1.82, 2.24) is 14.7 Å². The van der Waals surface area contributed by atoms with Gasteiger partial charge in [0.2, 0.25) is 11.8 Å². The summed E-state index contributed by atoms with van der Waals surface area (Å²) in [7, 11) is 0. The van der Waals surface area contributed by atoms with Crippen molar-refractivity contribution < 1.29 is 9.59 Å². The maximum absolute atomic E-state index is 14.1. The molecule has 6 rings (SSSR count). The van der Waals surface area contributed by atoms with Crippen molar-refractivity contribution in [3.63, 3.8) is 0 Å². The van der Waals surface area contributed by atoms with E-state index in [1.54, 1.807) is 0 Å². The molecule has 0 saturated carbocycles. The first-order chi connectivity index (χ1) is 18.6. The summed E-state index contributed by atoms with van der Waals surface area (Å²) in [6, 6.07) is 30.9. The standard InChI is InChI=1S/C33H37N3O2/c37-30(36-25-32(26-36)18-21-34(22-19-32)23-27-11-4-1-5-12-27)24-35-20-10-17-33(31(35)38,28-13-6-2-7-14-28)29-15-8-3-9-16-29/h1-9,11-16H,10,17-26H2. The lowest BCUT2D eigenvalue weighted by Crippen LogP contribution is -2.64. The second-order valence-electron chi connectivity index (χ2n) is 11.5. The summed E-state index contributed by atoms with van der Waals surface area (Å²) in [6.07, 6.45) is 3.91. The number of likely N-dealkylation sites (tertiary alicyclic amines) is 3. The first-order valence-electron chi connectivity index (χ1n) is 14.0. The van der Waals surface area contributed by atoms with Crippen LogP contribution >= 0.6 is 0 Å². The van der Waals surface area contributed by atoms with E-state index < -0.39 is 5.41 Å². The van der Waals surface area contributed by atoms with Gasteiger partial charge in [-0.2, -0.15) is 0 Å². The summed E-state index contributed by atoms with van der Waals surface area (Å²) in [5, 5.41) is 0. The second-order valence-corrected chi connectivity index (χ2v) is 11.5. The minimum Gasteiger partial charge on any atom is -0.340 e. The van der Waals surface area contributed by atoms with Crippen molar-refractivity contribution in [2.45, 2.75) is 37.6 Å². The zero-order chi connectivity index (χ0) is 26.0. The lowest BCUT2D eigenvalue weighted by atomic mass is 9.68. The Morgan fingerprint density at radius 1 is 0.711 bits per heavy atom. The average molecular weight is 508 g/mol. The molecule has 3 saturated heterocycles. The van der Waals surface area contributed by atoms with Crippen molar-refractivity contribution in [2.75, 3.05) is 39.3 Å². The number of piperidine rings is 2. The van der Waals surface area contributed by atoms with E-state index in [4.69, 9.17) is 0 Å². The van der Waals surface area contributed by atoms with Crippen LogP contribution in [0.15, 0.2) is 91.0 Å². The van der Waals surface area contributed by atoms with Crippen LogP contribution in [0.3, 0.4) is 0 Å². The van der Waals surface area contributed by atoms with Gasteiger partial charge in [-0.25, -0.2) is 0 Å². The molecule has 3 fully saturated rings. The van der Waals surface area contributed by atoms with Crippen LogP contribution in [0, 0.1) is 5.41 Å². The van der Waals surface area contributed by atoms with Crippen LogP contribution in [0.2, 0.25) is 0 Å². The van der Waals surface area contributed by atoms with Crippen molar-refractivity contribution in [1.29, 1.82) is 0 Å². The van der Waals surface area contributed by atoms with E-state index >= 15 is 0 Å². The third kappa shape index (κ3) is 4.64. The molecule has 1 spiro atoms. The average Bonchev–Trinajstić information content (AvgIpc) is 2.95. The topological polar surface area (TPSA) is 43.9 Å². The molecule has 0 radical (unpaired) electrons. The molecule has 0 unspecified atom stereocenters. The Labute approximate surface area is 226 Å². The summed E-state index contributed by atoms with van der Waals surface area (Å²) < 4.78 is 0. The molecule has 0 aromatic heterocycles. The Kier molecular flexibility index (Phi) is 6.79. The third-order valence-electron chi connectivity index (χ3n) is 9.06. The van der Waals surface area contributed by atoms with Gasteiger partial charge in [0.15, 0.2) is 0 Å². The lowest BCUT2D eigenvalue weighted by molar-refractivity contribution is -0.154. The smallest absolute Gasteiger partial charge is 0.242 e. The zero-order valence-electron chi connectivity index (χ0n) is 22.1. The van der Waals surface area contributed by atoms with Crippen molar-refractivity contribution in [3.8, 4) is 0 Å². The predicted molar refractivity (Wildman–Crippen MR) is 149 cm³/mol. The molecule has 3 aromatic rings. The van der Waals surface area contributed by atoms with Crippen LogP contribution in [0.25, 0.3) is 0 Å². The van der Waals surface area contributed by atoms with Gasteiger partial charge in [-0.05, 0) is 55.5 Å². The quantitative estimate of drug-likeness (QED) is 0.485. The molecule has 3 aromatic carbocycles. The molecule has 5 nitrogen and oxygen atoms in total. The number of nitrogens with zero attached hydrogens (tertiary/aromatic N) is 3. The Balaban J connectivity index is 1.09. The third-order valence-corrected chi connectivity index (χ3v) is 9.06. The summed E-state index contributed by atoms with van der Waals surface area (Å²) in [5.74, 6) is 0.145. The van der Waals surface area contributed by atoms with Gasteiger partial charge in [-0.1, -0.05) is 91.0 Å². The number of benzene rings is 3. The van der Waals surface area contributed by atoms with Gasteiger partial charge in [0.1, 0.15) is 0 Å². The van der Waals surface area contributed by atoms with E-state index in [2.05, 4.69) is 59.5 Å². The molecule has 0 bridgehead atoms. The Morgan fingerprint density at radius 3 is 1.84 bits per heavy atom. The summed E-state index contributed by atoms with van der Waals surface area (Å²) in [5.41, 5.74) is 2.91. The van der Waals surface area contributed by atoms with E-state index in [0.29, 0.717) is 6.54 Å². The van der Waals surface area contributed by atoms with Crippen LogP contribution in [0.5, 0.6) is 0 Å². The highest BCUT2D eigenvalue weighted by atomic mass is 16.2. The van der Waals surface area contributed by atoms with E-state index in [1.807, 2.05) is 46.2 Å². The van der Waals surface area contributed by atoms with Crippen molar-refractivity contribution >= 4 is 11.8 Å². The van der Waals surface area contributed by atoms with Crippen molar-refractivity contribution in [3.05, 3.63) is 108 Å². The van der Waals surface area contributed by atoms with E-state index in [0.717, 1.165) is 69.5 Å². The highest BCUT2D eigenvalue weighted by molar-refractivity contribution is 5.95. The largest absolute Gasteiger partial charge is 0.340 e. The van der Waals surface area contributed by atoms with Crippen LogP contribution in [-0.4, -0.2) is 65.8 Å². The monoisotopic (exact) mass is 507 g/mol. The summed E-state index contributed by atoms with van der Waals surface area (Å²) >= 11 is 0. The Bertz CT molecular complexity index is 1210. The number of rotatable bonds is 6. The van der Waals surface area contributed by atoms with Gasteiger partial charge in [0.05, 0.1) is 12.0 Å². The van der Waals surface area contributed by atoms with Gasteiger partial charge in [0, 0.05) is 31.6 Å². The molecule has 38 heavy (non-hydrogen) atoms. The van der Waals surface area contributed by atoms with E-state index in [-0.39, 0.29) is 23.8 Å². The molecule has 196 valence electrons. The van der Waals surface area contributed by atoms with Gasteiger partial charge in [-0.3, -0.25) is 14.5 Å². The van der Waals surface area contributed by atoms with Crippen LogP contribution in [0.1, 0.15) is 42.4 Å². The van der Waals surface area contributed by atoms with Gasteiger partial charge in [-0.15, -0.1) is 0 Å². The first kappa shape index (κ1) is 24.9. The minimum atomic E-state index is -0.733. The van der Waals surface area contributed by atoms with Crippen molar-refractivity contribution in [2.24, 2.45) is 5.41 Å². The number of carbonyl (C=O) groups excluding carboxylic acids is 2. The second kappa shape index (κ2) is 10.4. The fourth-order valence-electron chi connectivity index (χ4n) is 6.86. The maximum Gasteiger partial charge on any atom is 0.242 e. The molecule has 2 amide bonds. The number of amides is 2. The Morgan fingerprint density at radius 2 is 1.26 bits per heavy atom. The van der Waals surface area contributed by atoms with Gasteiger partial charge in [0.25, 0.3) is 0 Å². The molecular formula is C33H37N3O2. The summed E-state index contributed by atoms with van der Waals surface area (Å²) in [6.45, 7) is 5.64. The highest BCUT2D eigenvalue weighted by Crippen LogP contribution is 2.43. The number of hydrogen-bond donors (Lipinski definition) is 0. The van der Waals surface area contributed by atoms with E-state index in [9.17, 15) is 9.59 Å². The Hall–Kier alpha value is -3.44. The van der Waals surface area contributed by atoms with Crippen LogP contribution < -0.4 is 0 Å².